The number of hydrogen-bond acceptors (Lipinski definition) is 0. The van der Waals surface area contributed by atoms with E-state index in [4.69, 9.17) is 0 Å². The van der Waals surface area contributed by atoms with Crippen LogP contribution in [0.15, 0.2) is 36.4 Å². The van der Waals surface area contributed by atoms with Gasteiger partial charge in [-0.05, 0) is 5.41 Å². The summed E-state index contributed by atoms with van der Waals surface area (Å²) < 4.78 is 0. The van der Waals surface area contributed by atoms with Crippen molar-refractivity contribution in [3.05, 3.63) is 36.4 Å². The highest BCUT2D eigenvalue weighted by molar-refractivity contribution is 4.99. The van der Waals surface area contributed by atoms with E-state index in [9.17, 15) is 0 Å². The van der Waals surface area contributed by atoms with Crippen LogP contribution in [0.1, 0.15) is 61.8 Å². The number of rotatable bonds is 0. The topological polar surface area (TPSA) is 0 Å². The first kappa shape index (κ1) is 20.6. The van der Waals surface area contributed by atoms with E-state index in [1.165, 1.54) is 6.42 Å². The lowest BCUT2D eigenvalue weighted by Crippen LogP contribution is -2.00. The highest BCUT2D eigenvalue weighted by Crippen LogP contribution is 2.16. The highest BCUT2D eigenvalue weighted by Gasteiger charge is 2.03. The normalized spacial score (nSPS) is 8.25. The van der Waals surface area contributed by atoms with Crippen LogP contribution in [-0.2, 0) is 0 Å². The average Bonchev–Trinajstić information content (AvgIpc) is 2.36. The van der Waals surface area contributed by atoms with Crippen LogP contribution in [-0.4, -0.2) is 0 Å². The van der Waals surface area contributed by atoms with Gasteiger partial charge in [0, 0.05) is 0 Å². The molecule has 1 aromatic carbocycles. The first-order valence-electron chi connectivity index (χ1n) is 6.56. The lowest BCUT2D eigenvalue weighted by Gasteiger charge is -2.12. The molecule has 0 heterocycles. The van der Waals surface area contributed by atoms with E-state index in [1.807, 2.05) is 64.1 Å². The molecule has 1 rings (SSSR count). The van der Waals surface area contributed by atoms with Gasteiger partial charge < -0.3 is 0 Å². The molecule has 0 aliphatic heterocycles. The van der Waals surface area contributed by atoms with Crippen molar-refractivity contribution in [2.75, 3.05) is 0 Å². The van der Waals surface area contributed by atoms with Gasteiger partial charge in [-0.15, -0.1) is 0 Å². The molecule has 0 aliphatic rings. The van der Waals surface area contributed by atoms with Gasteiger partial charge >= 0.3 is 0 Å². The van der Waals surface area contributed by atoms with E-state index >= 15 is 0 Å². The molecule has 0 spiro atoms. The zero-order valence-corrected chi connectivity index (χ0v) is 12.7. The van der Waals surface area contributed by atoms with Gasteiger partial charge in [-0.25, -0.2) is 0 Å². The monoisotopic (exact) mass is 224 g/mol. The first-order valence-corrected chi connectivity index (χ1v) is 6.56. The molecule has 0 radical (unpaired) electrons. The third kappa shape index (κ3) is 29.2. The fraction of sp³-hybridized carbons (Fsp3) is 0.625. The van der Waals surface area contributed by atoms with Gasteiger partial charge in [-0.1, -0.05) is 98.2 Å². The van der Waals surface area contributed by atoms with Gasteiger partial charge in [0.1, 0.15) is 0 Å². The molecular weight excluding hydrogens is 192 g/mol. The Morgan fingerprint density at radius 1 is 0.625 bits per heavy atom. The van der Waals surface area contributed by atoms with Crippen molar-refractivity contribution in [2.45, 2.75) is 61.8 Å². The zero-order valence-electron chi connectivity index (χ0n) is 12.7. The minimum absolute atomic E-state index is 0.542. The maximum absolute atomic E-state index is 2.24. The van der Waals surface area contributed by atoms with E-state index < -0.39 is 0 Å². The Labute approximate surface area is 104 Å². The van der Waals surface area contributed by atoms with E-state index in [1.54, 1.807) is 0 Å². The number of hydrogen-bond donors (Lipinski definition) is 0. The van der Waals surface area contributed by atoms with Crippen molar-refractivity contribution in [3.8, 4) is 0 Å². The molecule has 0 saturated heterocycles. The predicted molar refractivity (Wildman–Crippen MR) is 78.9 cm³/mol. The summed E-state index contributed by atoms with van der Waals surface area (Å²) in [5, 5.41) is 0. The Hall–Kier alpha value is -0.780. The first-order chi connectivity index (χ1) is 7.56. The Bertz CT molecular complexity index is 142. The van der Waals surface area contributed by atoms with E-state index in [0.29, 0.717) is 5.41 Å². The average molecular weight is 224 g/mol. The SMILES string of the molecule is CC.CC.CCC(C)(C)C.c1ccccc1. The molecule has 0 amide bonds. The molecule has 0 atom stereocenters. The quantitative estimate of drug-likeness (QED) is 0.493. The Kier molecular flexibility index (Phi) is 21.4. The molecule has 0 saturated carbocycles. The molecule has 1 aromatic rings. The van der Waals surface area contributed by atoms with Crippen LogP contribution in [0.2, 0.25) is 0 Å². The summed E-state index contributed by atoms with van der Waals surface area (Å²) in [7, 11) is 0. The summed E-state index contributed by atoms with van der Waals surface area (Å²) in [6, 6.07) is 12.0. The van der Waals surface area contributed by atoms with Crippen LogP contribution >= 0.6 is 0 Å². The second-order valence-corrected chi connectivity index (χ2v) is 4.07. The van der Waals surface area contributed by atoms with E-state index in [2.05, 4.69) is 27.7 Å². The lowest BCUT2D eigenvalue weighted by molar-refractivity contribution is 0.398. The Morgan fingerprint density at radius 2 is 0.750 bits per heavy atom. The zero-order chi connectivity index (χ0) is 13.4. The second kappa shape index (κ2) is 16.6. The fourth-order valence-electron chi connectivity index (χ4n) is 0.385. The van der Waals surface area contributed by atoms with Crippen molar-refractivity contribution in [1.29, 1.82) is 0 Å². The Morgan fingerprint density at radius 3 is 0.812 bits per heavy atom. The molecule has 0 bridgehead atoms. The molecule has 0 unspecified atom stereocenters. The third-order valence-corrected chi connectivity index (χ3v) is 1.73. The largest absolute Gasteiger partial charge is 0.0683 e. The molecule has 0 nitrogen and oxygen atoms in total. The number of benzene rings is 1. The standard InChI is InChI=1S/C6H6.C6H14.2C2H6/c1-2-4-6-5-3-1;1-5-6(2,3)4;2*1-2/h1-6H;5H2,1-4H3;2*1-2H3. The van der Waals surface area contributed by atoms with Gasteiger partial charge in [-0.3, -0.25) is 0 Å². The smallest absolute Gasteiger partial charge is 0.0385 e. The van der Waals surface area contributed by atoms with Crippen molar-refractivity contribution >= 4 is 0 Å². The van der Waals surface area contributed by atoms with Crippen LogP contribution in [0.5, 0.6) is 0 Å². The molecule has 0 heteroatoms. The van der Waals surface area contributed by atoms with Gasteiger partial charge in [0.05, 0.1) is 0 Å². The molecule has 0 N–H and O–H groups in total. The van der Waals surface area contributed by atoms with Crippen LogP contribution < -0.4 is 0 Å². The summed E-state index contributed by atoms with van der Waals surface area (Å²) >= 11 is 0. The lowest BCUT2D eigenvalue weighted by atomic mass is 9.94. The molecule has 16 heavy (non-hydrogen) atoms. The van der Waals surface area contributed by atoms with E-state index in [0.717, 1.165) is 0 Å². The predicted octanol–water partition coefficient (Wildman–Crippen LogP) is 6.18. The maximum Gasteiger partial charge on any atom is -0.0385 e. The van der Waals surface area contributed by atoms with E-state index in [-0.39, 0.29) is 0 Å². The van der Waals surface area contributed by atoms with Crippen molar-refractivity contribution in [2.24, 2.45) is 5.41 Å². The minimum atomic E-state index is 0.542. The molecular formula is C16H32. The maximum atomic E-state index is 2.24. The van der Waals surface area contributed by atoms with Gasteiger partial charge in [0.15, 0.2) is 0 Å². The molecule has 0 aliphatic carbocycles. The summed E-state index contributed by atoms with van der Waals surface area (Å²) in [5.74, 6) is 0. The van der Waals surface area contributed by atoms with Crippen LogP contribution in [0.3, 0.4) is 0 Å². The molecule has 96 valence electrons. The van der Waals surface area contributed by atoms with Gasteiger partial charge in [0.25, 0.3) is 0 Å². The summed E-state index contributed by atoms with van der Waals surface area (Å²) in [4.78, 5) is 0. The van der Waals surface area contributed by atoms with Crippen molar-refractivity contribution in [3.63, 3.8) is 0 Å². The minimum Gasteiger partial charge on any atom is -0.0683 e. The Balaban J connectivity index is -0.000000162. The van der Waals surface area contributed by atoms with Gasteiger partial charge in [-0.2, -0.15) is 0 Å². The van der Waals surface area contributed by atoms with Crippen LogP contribution in [0.25, 0.3) is 0 Å². The van der Waals surface area contributed by atoms with Crippen LogP contribution in [0, 0.1) is 5.41 Å². The van der Waals surface area contributed by atoms with Gasteiger partial charge in [0.2, 0.25) is 0 Å². The summed E-state index contributed by atoms with van der Waals surface area (Å²) in [5.41, 5.74) is 0.542. The molecule has 0 fully saturated rings. The van der Waals surface area contributed by atoms with Crippen molar-refractivity contribution in [1.82, 2.24) is 0 Å². The second-order valence-electron chi connectivity index (χ2n) is 4.07. The van der Waals surface area contributed by atoms with Crippen LogP contribution in [0.4, 0.5) is 0 Å². The third-order valence-electron chi connectivity index (χ3n) is 1.73. The highest BCUT2D eigenvalue weighted by atomic mass is 14.1. The fourth-order valence-corrected chi connectivity index (χ4v) is 0.385. The molecule has 0 aromatic heterocycles. The summed E-state index contributed by atoms with van der Waals surface area (Å²) in [6.07, 6.45) is 1.27. The summed E-state index contributed by atoms with van der Waals surface area (Å²) in [6.45, 7) is 16.9. The van der Waals surface area contributed by atoms with Crippen molar-refractivity contribution < 1.29 is 0 Å².